The first-order chi connectivity index (χ1) is 8.97. The number of alkyl halides is 3. The number of carbonyl (C=O) groups excluding carboxylic acids is 1. The van der Waals surface area contributed by atoms with Gasteiger partial charge in [0.25, 0.3) is 0 Å². The highest BCUT2D eigenvalue weighted by molar-refractivity contribution is 14.1. The molecule has 6 unspecified atom stereocenters. The lowest BCUT2D eigenvalue weighted by Crippen LogP contribution is -3.20. The van der Waals surface area contributed by atoms with E-state index in [1.807, 2.05) is 0 Å². The summed E-state index contributed by atoms with van der Waals surface area (Å²) in [5.41, 5.74) is 6.13. The molecule has 1 heterocycles. The molecule has 0 radical (unpaired) electrons. The summed E-state index contributed by atoms with van der Waals surface area (Å²) in [6.07, 6.45) is 4.76. The standard InChI is InChI=1S/C13H21Cl2IN2O/c14-10-3-1-8(5-11(10)15)12(19)7-18-6-9(16)2-4-13(18)17/h8-11,13H,1-7,17H2/p+1. The molecule has 0 spiro atoms. The number of nitrogens with one attached hydrogen (secondary N) is 1. The van der Waals surface area contributed by atoms with Crippen molar-refractivity contribution in [3.05, 3.63) is 0 Å². The Labute approximate surface area is 138 Å². The number of quaternary nitrogens is 1. The van der Waals surface area contributed by atoms with E-state index in [9.17, 15) is 4.79 Å². The van der Waals surface area contributed by atoms with Crippen LogP contribution in [0.1, 0.15) is 32.1 Å². The molecule has 0 amide bonds. The molecule has 1 saturated heterocycles. The van der Waals surface area contributed by atoms with Crippen molar-refractivity contribution in [3.8, 4) is 0 Å². The fourth-order valence-electron chi connectivity index (χ4n) is 3.04. The number of hydrogen-bond acceptors (Lipinski definition) is 2. The summed E-state index contributed by atoms with van der Waals surface area (Å²) < 4.78 is 0.638. The fourth-order valence-corrected chi connectivity index (χ4v) is 4.54. The fraction of sp³-hybridized carbons (Fsp3) is 0.923. The molecule has 0 aromatic rings. The van der Waals surface area contributed by atoms with E-state index in [1.54, 1.807) is 0 Å². The van der Waals surface area contributed by atoms with E-state index in [2.05, 4.69) is 22.6 Å². The molecule has 2 fully saturated rings. The van der Waals surface area contributed by atoms with E-state index in [0.717, 1.165) is 32.2 Å². The molecule has 2 aliphatic rings. The normalized spacial score (nSPS) is 44.0. The van der Waals surface area contributed by atoms with Crippen LogP contribution >= 0.6 is 45.8 Å². The van der Waals surface area contributed by atoms with Crippen molar-refractivity contribution in [2.24, 2.45) is 11.7 Å². The zero-order chi connectivity index (χ0) is 14.0. The molecule has 1 aliphatic heterocycles. The molecule has 2 rings (SSSR count). The predicted molar refractivity (Wildman–Crippen MR) is 87.3 cm³/mol. The molecule has 110 valence electrons. The van der Waals surface area contributed by atoms with Crippen molar-refractivity contribution >= 4 is 51.6 Å². The van der Waals surface area contributed by atoms with Gasteiger partial charge in [0, 0.05) is 17.7 Å². The third kappa shape index (κ3) is 4.43. The second kappa shape index (κ2) is 7.25. The van der Waals surface area contributed by atoms with Crippen LogP contribution in [0.3, 0.4) is 0 Å². The molecule has 3 nitrogen and oxygen atoms in total. The molecule has 0 aromatic carbocycles. The number of nitrogens with two attached hydrogens (primary N) is 1. The molecular formula is C13H22Cl2IN2O+. The molecule has 6 atom stereocenters. The minimum absolute atomic E-state index is 0.0223. The molecule has 1 aliphatic carbocycles. The molecular weight excluding hydrogens is 398 g/mol. The van der Waals surface area contributed by atoms with Crippen LogP contribution in [0, 0.1) is 5.92 Å². The third-order valence-corrected chi connectivity index (χ3v) is 6.55. The summed E-state index contributed by atoms with van der Waals surface area (Å²) in [6, 6.07) is 0. The highest BCUT2D eigenvalue weighted by atomic mass is 127. The summed E-state index contributed by atoms with van der Waals surface area (Å²) in [7, 11) is 0. The Morgan fingerprint density at radius 2 is 1.95 bits per heavy atom. The lowest BCUT2D eigenvalue weighted by Gasteiger charge is -2.34. The Kier molecular flexibility index (Phi) is 6.21. The van der Waals surface area contributed by atoms with Crippen LogP contribution in [0.5, 0.6) is 0 Å². The Hall–Kier alpha value is 0.900. The predicted octanol–water partition coefficient (Wildman–Crippen LogP) is 1.34. The second-order valence-corrected chi connectivity index (χ2v) is 8.71. The summed E-state index contributed by atoms with van der Waals surface area (Å²) in [5.74, 6) is 0.414. The van der Waals surface area contributed by atoms with E-state index in [-0.39, 0.29) is 22.8 Å². The lowest BCUT2D eigenvalue weighted by molar-refractivity contribution is -0.921. The summed E-state index contributed by atoms with van der Waals surface area (Å²) in [6.45, 7) is 1.56. The van der Waals surface area contributed by atoms with Crippen LogP contribution in [-0.4, -0.2) is 39.7 Å². The molecule has 6 heteroatoms. The maximum absolute atomic E-state index is 12.4. The summed E-state index contributed by atoms with van der Waals surface area (Å²) in [5, 5.41) is -0.0410. The van der Waals surface area contributed by atoms with Gasteiger partial charge in [0.2, 0.25) is 0 Å². The largest absolute Gasteiger partial charge is 0.313 e. The maximum atomic E-state index is 12.4. The second-order valence-electron chi connectivity index (χ2n) is 5.83. The van der Waals surface area contributed by atoms with Crippen molar-refractivity contribution in [2.45, 2.75) is 52.9 Å². The first kappa shape index (κ1) is 16.3. The van der Waals surface area contributed by atoms with Crippen LogP contribution in [0.25, 0.3) is 0 Å². The molecule has 3 N–H and O–H groups in total. The van der Waals surface area contributed by atoms with Gasteiger partial charge >= 0.3 is 0 Å². The minimum atomic E-state index is -0.0632. The van der Waals surface area contributed by atoms with Crippen molar-refractivity contribution in [2.75, 3.05) is 13.1 Å². The number of rotatable bonds is 3. The monoisotopic (exact) mass is 419 g/mol. The molecule has 1 saturated carbocycles. The summed E-state index contributed by atoms with van der Waals surface area (Å²) >= 11 is 14.7. The Balaban J connectivity index is 1.86. The van der Waals surface area contributed by atoms with Gasteiger partial charge in [-0.3, -0.25) is 10.5 Å². The number of likely N-dealkylation sites (tertiary alicyclic amines) is 1. The van der Waals surface area contributed by atoms with Gasteiger partial charge in [-0.2, -0.15) is 0 Å². The molecule has 19 heavy (non-hydrogen) atoms. The van der Waals surface area contributed by atoms with Gasteiger partial charge in [-0.05, 0) is 25.7 Å². The topological polar surface area (TPSA) is 47.5 Å². The van der Waals surface area contributed by atoms with Gasteiger partial charge < -0.3 is 4.90 Å². The van der Waals surface area contributed by atoms with E-state index < -0.39 is 0 Å². The van der Waals surface area contributed by atoms with Crippen molar-refractivity contribution in [3.63, 3.8) is 0 Å². The van der Waals surface area contributed by atoms with Crippen LogP contribution in [0.4, 0.5) is 0 Å². The third-order valence-electron chi connectivity index (χ3n) is 4.35. The number of hydrogen-bond donors (Lipinski definition) is 2. The number of ketones is 1. The van der Waals surface area contributed by atoms with Crippen molar-refractivity contribution in [1.29, 1.82) is 0 Å². The number of Topliss-reactive ketones (excluding diaryl/α,β-unsaturated/α-hetero) is 1. The van der Waals surface area contributed by atoms with E-state index in [0.29, 0.717) is 16.3 Å². The maximum Gasteiger partial charge on any atom is 0.189 e. The Morgan fingerprint density at radius 3 is 2.63 bits per heavy atom. The van der Waals surface area contributed by atoms with Gasteiger partial charge in [-0.1, -0.05) is 22.6 Å². The van der Waals surface area contributed by atoms with E-state index in [4.69, 9.17) is 28.9 Å². The molecule has 0 aromatic heterocycles. The minimum Gasteiger partial charge on any atom is -0.313 e. The van der Waals surface area contributed by atoms with Gasteiger partial charge in [0.15, 0.2) is 5.78 Å². The Bertz CT molecular complexity index is 332. The van der Waals surface area contributed by atoms with Crippen LogP contribution < -0.4 is 10.6 Å². The first-order valence-electron chi connectivity index (χ1n) is 7.02. The van der Waals surface area contributed by atoms with Gasteiger partial charge in [-0.25, -0.2) is 0 Å². The average molecular weight is 420 g/mol. The Morgan fingerprint density at radius 1 is 1.21 bits per heavy atom. The quantitative estimate of drug-likeness (QED) is 0.535. The van der Waals surface area contributed by atoms with Gasteiger partial charge in [0.1, 0.15) is 12.7 Å². The first-order valence-corrected chi connectivity index (χ1v) is 9.14. The van der Waals surface area contributed by atoms with E-state index in [1.165, 1.54) is 11.3 Å². The highest BCUT2D eigenvalue weighted by Crippen LogP contribution is 2.31. The summed E-state index contributed by atoms with van der Waals surface area (Å²) in [4.78, 5) is 13.6. The average Bonchev–Trinajstić information content (AvgIpc) is 2.37. The smallest absolute Gasteiger partial charge is 0.189 e. The SMILES string of the molecule is NC1CCC(I)C[NH+]1CC(=O)C1CCC(Cl)C(Cl)C1. The number of halogens is 3. The van der Waals surface area contributed by atoms with E-state index >= 15 is 0 Å². The highest BCUT2D eigenvalue weighted by Gasteiger charge is 2.35. The van der Waals surface area contributed by atoms with Gasteiger partial charge in [0.05, 0.1) is 15.8 Å². The van der Waals surface area contributed by atoms with Gasteiger partial charge in [-0.15, -0.1) is 23.2 Å². The zero-order valence-electron chi connectivity index (χ0n) is 11.0. The molecule has 0 bridgehead atoms. The zero-order valence-corrected chi connectivity index (χ0v) is 14.6. The van der Waals surface area contributed by atoms with Crippen LogP contribution in [-0.2, 0) is 4.79 Å². The lowest BCUT2D eigenvalue weighted by atomic mass is 9.85. The number of carbonyl (C=O) groups is 1. The van der Waals surface area contributed by atoms with Crippen molar-refractivity contribution in [1.82, 2.24) is 0 Å². The van der Waals surface area contributed by atoms with Crippen LogP contribution in [0.15, 0.2) is 0 Å². The van der Waals surface area contributed by atoms with Crippen LogP contribution in [0.2, 0.25) is 0 Å². The number of piperidine rings is 1. The van der Waals surface area contributed by atoms with Crippen molar-refractivity contribution < 1.29 is 9.69 Å².